The van der Waals surface area contributed by atoms with Crippen LogP contribution in [0.15, 0.2) is 197 Å². The van der Waals surface area contributed by atoms with Crippen LogP contribution >= 0.6 is 0 Å². The molecule has 2 heterocycles. The maximum atomic E-state index is 6.84. The summed E-state index contributed by atoms with van der Waals surface area (Å²) in [6.07, 6.45) is 0. The van der Waals surface area contributed by atoms with Crippen molar-refractivity contribution in [3.63, 3.8) is 0 Å². The molecule has 0 bridgehead atoms. The first-order valence-corrected chi connectivity index (χ1v) is 20.0. The number of hydrogen-bond acceptors (Lipinski definition) is 3. The van der Waals surface area contributed by atoms with Gasteiger partial charge in [-0.3, -0.25) is 0 Å². The van der Waals surface area contributed by atoms with Gasteiger partial charge in [0.05, 0.1) is 11.4 Å². The summed E-state index contributed by atoms with van der Waals surface area (Å²) in [5.74, 6) is 0. The molecule has 0 fully saturated rings. The fraction of sp³-hybridized carbons (Fsp3) is 0.0545. The third-order valence-corrected chi connectivity index (χ3v) is 12.5. The Bertz CT molecular complexity index is 3440. The van der Waals surface area contributed by atoms with Crippen molar-refractivity contribution in [2.45, 2.75) is 19.3 Å². The highest BCUT2D eigenvalue weighted by Crippen LogP contribution is 2.55. The Balaban J connectivity index is 1.09. The van der Waals surface area contributed by atoms with E-state index in [4.69, 9.17) is 8.83 Å². The Labute approximate surface area is 336 Å². The number of benzene rings is 9. The molecule has 11 aromatic rings. The average molecular weight is 744 g/mol. The molecule has 3 heteroatoms. The molecule has 2 aromatic heterocycles. The lowest BCUT2D eigenvalue weighted by Gasteiger charge is -2.30. The van der Waals surface area contributed by atoms with Crippen molar-refractivity contribution in [1.29, 1.82) is 0 Å². The molecule has 12 rings (SSSR count). The van der Waals surface area contributed by atoms with Gasteiger partial charge in [-0.2, -0.15) is 0 Å². The molecule has 0 radical (unpaired) electrons. The largest absolute Gasteiger partial charge is 0.456 e. The summed E-state index contributed by atoms with van der Waals surface area (Å²) < 4.78 is 13.1. The maximum absolute atomic E-state index is 6.84. The van der Waals surface area contributed by atoms with Crippen molar-refractivity contribution < 1.29 is 8.83 Å². The molecule has 9 aromatic carbocycles. The highest BCUT2D eigenvalue weighted by atomic mass is 16.3. The standard InChI is InChI=1S/C55H37NO2/c1-55(2)45-22-8-5-17-42(45)53-46(55)23-13-25-48(53)56(37-30-28-34(29-31-37)38-19-12-27-50-52(38)43-18-7-10-26-49(43)57-50)47-24-9-6-16-39(47)40-20-11-21-41-44-32-35-14-3-4-15-36(35)33-51(44)58-54(40)41/h3-33H,1-2H3. The Morgan fingerprint density at radius 3 is 1.91 bits per heavy atom. The number of furan rings is 2. The summed E-state index contributed by atoms with van der Waals surface area (Å²) in [6, 6.07) is 67.7. The molecule has 0 aliphatic heterocycles. The Morgan fingerprint density at radius 1 is 0.414 bits per heavy atom. The minimum absolute atomic E-state index is 0.146. The fourth-order valence-corrected chi connectivity index (χ4v) is 9.73. The van der Waals surface area contributed by atoms with Gasteiger partial charge in [-0.05, 0) is 87.1 Å². The second-order valence-electron chi connectivity index (χ2n) is 16.0. The second kappa shape index (κ2) is 12.3. The van der Waals surface area contributed by atoms with Gasteiger partial charge in [0.15, 0.2) is 0 Å². The van der Waals surface area contributed by atoms with Crippen LogP contribution in [-0.2, 0) is 5.41 Å². The molecule has 0 N–H and O–H groups in total. The first kappa shape index (κ1) is 32.8. The van der Waals surface area contributed by atoms with E-state index in [-0.39, 0.29) is 5.41 Å². The van der Waals surface area contributed by atoms with E-state index in [0.29, 0.717) is 0 Å². The van der Waals surface area contributed by atoms with Crippen LogP contribution in [0.25, 0.3) is 88.0 Å². The van der Waals surface area contributed by atoms with Gasteiger partial charge in [0.2, 0.25) is 0 Å². The van der Waals surface area contributed by atoms with E-state index in [1.54, 1.807) is 0 Å². The lowest BCUT2D eigenvalue weighted by atomic mass is 9.82. The minimum atomic E-state index is -0.146. The zero-order valence-electron chi connectivity index (χ0n) is 32.2. The summed E-state index contributed by atoms with van der Waals surface area (Å²) in [6.45, 7) is 4.70. The van der Waals surface area contributed by atoms with Gasteiger partial charge in [0.1, 0.15) is 22.3 Å². The molecule has 58 heavy (non-hydrogen) atoms. The van der Waals surface area contributed by atoms with Crippen LogP contribution in [0.4, 0.5) is 17.1 Å². The first-order valence-electron chi connectivity index (χ1n) is 20.0. The van der Waals surface area contributed by atoms with Gasteiger partial charge >= 0.3 is 0 Å². The minimum Gasteiger partial charge on any atom is -0.456 e. The predicted octanol–water partition coefficient (Wildman–Crippen LogP) is 15.7. The predicted molar refractivity (Wildman–Crippen MR) is 242 cm³/mol. The molecule has 0 saturated carbocycles. The van der Waals surface area contributed by atoms with Crippen LogP contribution in [-0.4, -0.2) is 0 Å². The van der Waals surface area contributed by atoms with Crippen LogP contribution in [0.1, 0.15) is 25.0 Å². The van der Waals surface area contributed by atoms with E-state index >= 15 is 0 Å². The molecule has 274 valence electrons. The van der Waals surface area contributed by atoms with Crippen LogP contribution in [0.5, 0.6) is 0 Å². The summed E-state index contributed by atoms with van der Waals surface area (Å²) in [5, 5.41) is 6.88. The lowest BCUT2D eigenvalue weighted by Crippen LogP contribution is -2.16. The molecule has 0 saturated heterocycles. The number of anilines is 3. The maximum Gasteiger partial charge on any atom is 0.143 e. The topological polar surface area (TPSA) is 29.5 Å². The number of fused-ring (bicyclic) bond motifs is 10. The zero-order valence-corrected chi connectivity index (χ0v) is 32.2. The molecule has 1 aliphatic carbocycles. The molecular formula is C55H37NO2. The van der Waals surface area contributed by atoms with Gasteiger partial charge < -0.3 is 13.7 Å². The first-order chi connectivity index (χ1) is 28.5. The van der Waals surface area contributed by atoms with Crippen molar-refractivity contribution in [3.05, 3.63) is 199 Å². The molecule has 1 aliphatic rings. The van der Waals surface area contributed by atoms with E-state index in [1.807, 2.05) is 12.1 Å². The number of hydrogen-bond donors (Lipinski definition) is 0. The summed E-state index contributed by atoms with van der Waals surface area (Å²) in [7, 11) is 0. The Morgan fingerprint density at radius 2 is 1.03 bits per heavy atom. The summed E-state index contributed by atoms with van der Waals surface area (Å²) >= 11 is 0. The van der Waals surface area contributed by atoms with Gasteiger partial charge in [-0.25, -0.2) is 0 Å². The van der Waals surface area contributed by atoms with Crippen molar-refractivity contribution in [2.75, 3.05) is 4.90 Å². The molecule has 0 amide bonds. The zero-order chi connectivity index (χ0) is 38.5. The van der Waals surface area contributed by atoms with Gasteiger partial charge in [-0.15, -0.1) is 0 Å². The monoisotopic (exact) mass is 743 g/mol. The number of nitrogens with zero attached hydrogens (tertiary/aromatic N) is 1. The number of rotatable bonds is 5. The lowest BCUT2D eigenvalue weighted by molar-refractivity contribution is 0.660. The normalized spacial score (nSPS) is 13.1. The van der Waals surface area contributed by atoms with E-state index in [2.05, 4.69) is 195 Å². The Hall–Kier alpha value is -7.36. The van der Waals surface area contributed by atoms with Gasteiger partial charge in [0.25, 0.3) is 0 Å². The average Bonchev–Trinajstić information content (AvgIpc) is 3.91. The molecule has 0 spiro atoms. The van der Waals surface area contributed by atoms with E-state index < -0.39 is 0 Å². The van der Waals surface area contributed by atoms with Crippen LogP contribution < -0.4 is 4.90 Å². The second-order valence-corrected chi connectivity index (χ2v) is 16.0. The molecule has 3 nitrogen and oxygen atoms in total. The summed E-state index contributed by atoms with van der Waals surface area (Å²) in [4.78, 5) is 2.46. The smallest absolute Gasteiger partial charge is 0.143 e. The third-order valence-electron chi connectivity index (χ3n) is 12.5. The van der Waals surface area contributed by atoms with Gasteiger partial charge in [0, 0.05) is 49.3 Å². The highest BCUT2D eigenvalue weighted by molar-refractivity contribution is 6.15. The van der Waals surface area contributed by atoms with Crippen LogP contribution in [0.2, 0.25) is 0 Å². The molecule has 0 unspecified atom stereocenters. The van der Waals surface area contributed by atoms with Crippen molar-refractivity contribution >= 4 is 71.7 Å². The quantitative estimate of drug-likeness (QED) is 0.176. The van der Waals surface area contributed by atoms with Gasteiger partial charge in [-0.1, -0.05) is 153 Å². The summed E-state index contributed by atoms with van der Waals surface area (Å²) in [5.41, 5.74) is 16.4. The fourth-order valence-electron chi connectivity index (χ4n) is 9.73. The van der Waals surface area contributed by atoms with E-state index in [0.717, 1.165) is 83.2 Å². The number of para-hydroxylation sites is 3. The molecule has 0 atom stereocenters. The van der Waals surface area contributed by atoms with Crippen LogP contribution in [0.3, 0.4) is 0 Å². The van der Waals surface area contributed by atoms with E-state index in [1.165, 1.54) is 33.0 Å². The highest BCUT2D eigenvalue weighted by Gasteiger charge is 2.38. The van der Waals surface area contributed by atoms with Crippen molar-refractivity contribution in [3.8, 4) is 33.4 Å². The molecular weight excluding hydrogens is 707 g/mol. The van der Waals surface area contributed by atoms with E-state index in [9.17, 15) is 0 Å². The van der Waals surface area contributed by atoms with Crippen molar-refractivity contribution in [2.24, 2.45) is 0 Å². The SMILES string of the molecule is CC1(C)c2ccccc2-c2c(N(c3ccc(-c4cccc5oc6ccccc6c45)cc3)c3ccccc3-c3cccc4c3oc3cc5ccccc5cc34)cccc21. The Kier molecular flexibility index (Phi) is 6.98. The third kappa shape index (κ3) is 4.74. The van der Waals surface area contributed by atoms with Crippen LogP contribution in [0, 0.1) is 0 Å². The van der Waals surface area contributed by atoms with Crippen molar-refractivity contribution in [1.82, 2.24) is 0 Å².